The second kappa shape index (κ2) is 12.5. The Bertz CT molecular complexity index is 2550. The fourth-order valence-corrected chi connectivity index (χ4v) is 7.84. The maximum atomic E-state index is 6.56. The Kier molecular flexibility index (Phi) is 7.24. The molecule has 0 fully saturated rings. The summed E-state index contributed by atoms with van der Waals surface area (Å²) >= 11 is 0. The monoisotopic (exact) mass is 669 g/mol. The standard InChI is InChI=1S/C48H35N3O/c1-4-14-36(15-5-1)49(37-16-6-2-7-17-37)39-26-28-40(29-27-39)50-43-21-11-10-20-41(43)42-32-34(24-30-44(42)50)35-25-31-46-48(33-35)52-47-23-13-12-22-45(47)51(46)38-18-8-3-9-19-38/h1-9,11-19,21-33H,10,20H2. The third kappa shape index (κ3) is 5.07. The Morgan fingerprint density at radius 1 is 0.500 bits per heavy atom. The highest BCUT2D eigenvalue weighted by Crippen LogP contribution is 2.51. The number of aromatic nitrogens is 1. The molecule has 52 heavy (non-hydrogen) atoms. The topological polar surface area (TPSA) is 20.6 Å². The molecular weight excluding hydrogens is 635 g/mol. The van der Waals surface area contributed by atoms with Crippen molar-refractivity contribution in [1.29, 1.82) is 0 Å². The summed E-state index contributed by atoms with van der Waals surface area (Å²) in [6.45, 7) is 0. The number of ether oxygens (including phenoxy) is 1. The second-order valence-corrected chi connectivity index (χ2v) is 13.3. The van der Waals surface area contributed by atoms with Gasteiger partial charge in [-0.2, -0.15) is 0 Å². The molecule has 0 bridgehead atoms. The van der Waals surface area contributed by atoms with E-state index < -0.39 is 0 Å². The van der Waals surface area contributed by atoms with E-state index in [1.165, 1.54) is 27.7 Å². The minimum atomic E-state index is 0.850. The predicted molar refractivity (Wildman–Crippen MR) is 216 cm³/mol. The van der Waals surface area contributed by atoms with Gasteiger partial charge in [-0.25, -0.2) is 0 Å². The first-order chi connectivity index (χ1) is 25.8. The van der Waals surface area contributed by atoms with E-state index in [9.17, 15) is 0 Å². The lowest BCUT2D eigenvalue weighted by molar-refractivity contribution is 0.477. The zero-order valence-electron chi connectivity index (χ0n) is 28.6. The summed E-state index contributed by atoms with van der Waals surface area (Å²) in [4.78, 5) is 4.59. The van der Waals surface area contributed by atoms with Crippen LogP contribution in [0.1, 0.15) is 17.7 Å². The van der Waals surface area contributed by atoms with Crippen molar-refractivity contribution in [2.75, 3.05) is 9.80 Å². The van der Waals surface area contributed by atoms with Crippen molar-refractivity contribution >= 4 is 51.1 Å². The van der Waals surface area contributed by atoms with Crippen molar-refractivity contribution in [2.24, 2.45) is 0 Å². The van der Waals surface area contributed by atoms with Gasteiger partial charge in [0.1, 0.15) is 0 Å². The highest BCUT2D eigenvalue weighted by molar-refractivity contribution is 5.95. The zero-order chi connectivity index (χ0) is 34.4. The molecule has 248 valence electrons. The molecule has 4 heteroatoms. The van der Waals surface area contributed by atoms with Crippen LogP contribution in [-0.4, -0.2) is 4.57 Å². The second-order valence-electron chi connectivity index (χ2n) is 13.3. The molecule has 8 aromatic rings. The zero-order valence-corrected chi connectivity index (χ0v) is 28.6. The van der Waals surface area contributed by atoms with Crippen LogP contribution in [0.2, 0.25) is 0 Å². The molecule has 10 rings (SSSR count). The van der Waals surface area contributed by atoms with E-state index in [2.05, 4.69) is 190 Å². The summed E-state index contributed by atoms with van der Waals surface area (Å²) in [5.41, 5.74) is 13.9. The fraction of sp³-hybridized carbons (Fsp3) is 0.0417. The SMILES string of the molecule is C1=Cc2c(c3cc(-c4ccc5c(c4)Oc4ccccc4N5c4ccccc4)ccc3n2-c2ccc(N(c3ccccc3)c3ccccc3)cc2)CC1. The van der Waals surface area contributed by atoms with Gasteiger partial charge in [-0.15, -0.1) is 0 Å². The van der Waals surface area contributed by atoms with Gasteiger partial charge in [-0.1, -0.05) is 84.9 Å². The molecule has 1 aliphatic carbocycles. The van der Waals surface area contributed by atoms with Crippen LogP contribution >= 0.6 is 0 Å². The van der Waals surface area contributed by atoms with Crippen LogP contribution in [0, 0.1) is 0 Å². The molecule has 2 heterocycles. The van der Waals surface area contributed by atoms with Gasteiger partial charge >= 0.3 is 0 Å². The van der Waals surface area contributed by atoms with Crippen LogP contribution in [0.15, 0.2) is 182 Å². The summed E-state index contributed by atoms with van der Waals surface area (Å²) in [7, 11) is 0. The van der Waals surface area contributed by atoms with E-state index in [-0.39, 0.29) is 0 Å². The maximum Gasteiger partial charge on any atom is 0.152 e. The molecule has 0 unspecified atom stereocenters. The van der Waals surface area contributed by atoms with Gasteiger partial charge < -0.3 is 19.1 Å². The average Bonchev–Trinajstić information content (AvgIpc) is 3.55. The van der Waals surface area contributed by atoms with Gasteiger partial charge in [-0.05, 0) is 133 Å². The number of benzene rings is 7. The molecular formula is C48H35N3O. The van der Waals surface area contributed by atoms with E-state index in [4.69, 9.17) is 4.74 Å². The summed E-state index contributed by atoms with van der Waals surface area (Å²) in [5.74, 6) is 1.70. The highest BCUT2D eigenvalue weighted by Gasteiger charge is 2.26. The molecule has 0 N–H and O–H groups in total. The number of para-hydroxylation sites is 5. The quantitative estimate of drug-likeness (QED) is 0.176. The van der Waals surface area contributed by atoms with Crippen LogP contribution in [-0.2, 0) is 6.42 Å². The number of anilines is 6. The molecule has 1 aromatic heterocycles. The van der Waals surface area contributed by atoms with E-state index in [1.54, 1.807) is 0 Å². The van der Waals surface area contributed by atoms with Gasteiger partial charge in [0.25, 0.3) is 0 Å². The Labute approximate surface area is 303 Å². The lowest BCUT2D eigenvalue weighted by Crippen LogP contribution is -2.15. The summed E-state index contributed by atoms with van der Waals surface area (Å²) in [5, 5.41) is 1.30. The normalized spacial score (nSPS) is 12.9. The van der Waals surface area contributed by atoms with Crippen LogP contribution < -0.4 is 14.5 Å². The molecule has 0 radical (unpaired) electrons. The third-order valence-electron chi connectivity index (χ3n) is 10.2. The van der Waals surface area contributed by atoms with Crippen LogP contribution in [0.25, 0.3) is 33.8 Å². The first-order valence-electron chi connectivity index (χ1n) is 17.9. The maximum absolute atomic E-state index is 6.56. The van der Waals surface area contributed by atoms with Crippen molar-refractivity contribution in [3.05, 3.63) is 193 Å². The number of aryl methyl sites for hydroxylation is 1. The van der Waals surface area contributed by atoms with Gasteiger partial charge in [-0.3, -0.25) is 0 Å². The highest BCUT2D eigenvalue weighted by atomic mass is 16.5. The smallest absolute Gasteiger partial charge is 0.152 e. The van der Waals surface area contributed by atoms with Crippen LogP contribution in [0.5, 0.6) is 11.5 Å². The fourth-order valence-electron chi connectivity index (χ4n) is 7.84. The molecule has 4 nitrogen and oxygen atoms in total. The van der Waals surface area contributed by atoms with E-state index in [1.807, 2.05) is 12.1 Å². The molecule has 2 aliphatic rings. The molecule has 0 saturated heterocycles. The Hall–Kier alpha value is -6.78. The number of allylic oxidation sites excluding steroid dienone is 1. The number of hydrogen-bond acceptors (Lipinski definition) is 3. The first kappa shape index (κ1) is 30.1. The molecule has 1 aliphatic heterocycles. The van der Waals surface area contributed by atoms with E-state index in [0.717, 1.165) is 69.7 Å². The summed E-state index contributed by atoms with van der Waals surface area (Å²) in [6.07, 6.45) is 6.66. The number of nitrogens with zero attached hydrogens (tertiary/aromatic N) is 3. The number of hydrogen-bond donors (Lipinski definition) is 0. The van der Waals surface area contributed by atoms with Crippen molar-refractivity contribution in [1.82, 2.24) is 4.57 Å². The Morgan fingerprint density at radius 2 is 1.12 bits per heavy atom. The minimum Gasteiger partial charge on any atom is -0.453 e. The summed E-state index contributed by atoms with van der Waals surface area (Å²) in [6, 6.07) is 62.4. The van der Waals surface area contributed by atoms with Crippen LogP contribution in [0.4, 0.5) is 34.1 Å². The van der Waals surface area contributed by atoms with Gasteiger partial charge in [0.2, 0.25) is 0 Å². The van der Waals surface area contributed by atoms with Crippen molar-refractivity contribution in [3.63, 3.8) is 0 Å². The van der Waals surface area contributed by atoms with Gasteiger partial charge in [0.15, 0.2) is 11.5 Å². The first-order valence-corrected chi connectivity index (χ1v) is 17.9. The van der Waals surface area contributed by atoms with Crippen molar-refractivity contribution in [3.8, 4) is 28.3 Å². The molecule has 0 saturated carbocycles. The average molecular weight is 670 g/mol. The molecule has 7 aromatic carbocycles. The van der Waals surface area contributed by atoms with Crippen molar-refractivity contribution in [2.45, 2.75) is 12.8 Å². The van der Waals surface area contributed by atoms with Crippen molar-refractivity contribution < 1.29 is 4.74 Å². The summed E-state index contributed by atoms with van der Waals surface area (Å²) < 4.78 is 8.98. The predicted octanol–water partition coefficient (Wildman–Crippen LogP) is 13.3. The lowest BCUT2D eigenvalue weighted by atomic mass is 9.97. The largest absolute Gasteiger partial charge is 0.453 e. The van der Waals surface area contributed by atoms with Gasteiger partial charge in [0, 0.05) is 39.5 Å². The Morgan fingerprint density at radius 3 is 1.87 bits per heavy atom. The molecule has 0 spiro atoms. The molecule has 0 atom stereocenters. The number of fused-ring (bicyclic) bond motifs is 5. The minimum absolute atomic E-state index is 0.850. The van der Waals surface area contributed by atoms with E-state index >= 15 is 0 Å². The lowest BCUT2D eigenvalue weighted by Gasteiger charge is -2.33. The van der Waals surface area contributed by atoms with Crippen LogP contribution in [0.3, 0.4) is 0 Å². The molecule has 0 amide bonds. The number of rotatable bonds is 6. The Balaban J connectivity index is 1.04. The van der Waals surface area contributed by atoms with E-state index in [0.29, 0.717) is 0 Å². The third-order valence-corrected chi connectivity index (χ3v) is 10.2. The van der Waals surface area contributed by atoms with Gasteiger partial charge in [0.05, 0.1) is 16.9 Å².